The number of carbonyl (C=O) groups is 1. The van der Waals surface area contributed by atoms with Crippen molar-refractivity contribution in [3.8, 4) is 10.4 Å². The van der Waals surface area contributed by atoms with Gasteiger partial charge >= 0.3 is 6.18 Å². The monoisotopic (exact) mass is 579 g/mol. The van der Waals surface area contributed by atoms with Gasteiger partial charge in [0.2, 0.25) is 11.9 Å². The summed E-state index contributed by atoms with van der Waals surface area (Å²) in [5.74, 6) is -0.574. The number of aliphatic hydroxyl groups is 3. The topological polar surface area (TPSA) is 140 Å². The normalized spacial score (nSPS) is 19.9. The predicted molar refractivity (Wildman–Crippen MR) is 144 cm³/mol. The second-order valence-electron chi connectivity index (χ2n) is 10.2. The minimum absolute atomic E-state index is 0.177. The molecule has 1 aromatic carbocycles. The Morgan fingerprint density at radius 2 is 1.85 bits per heavy atom. The van der Waals surface area contributed by atoms with Gasteiger partial charge in [0.1, 0.15) is 16.3 Å². The van der Waals surface area contributed by atoms with Gasteiger partial charge in [-0.05, 0) is 68.4 Å². The Bertz CT molecular complexity index is 1330. The van der Waals surface area contributed by atoms with Crippen molar-refractivity contribution in [2.24, 2.45) is 5.41 Å². The van der Waals surface area contributed by atoms with Crippen molar-refractivity contribution in [3.63, 3.8) is 0 Å². The van der Waals surface area contributed by atoms with Gasteiger partial charge in [-0.15, -0.1) is 11.3 Å². The van der Waals surface area contributed by atoms with Gasteiger partial charge in [-0.25, -0.2) is 15.0 Å². The number of hydrogen-bond donors (Lipinski definition) is 5. The van der Waals surface area contributed by atoms with Crippen molar-refractivity contribution in [2.75, 3.05) is 18.5 Å². The molecule has 216 valence electrons. The lowest BCUT2D eigenvalue weighted by molar-refractivity contribution is -0.141. The number of aliphatic hydroxyl groups excluding tert-OH is 2. The highest BCUT2D eigenvalue weighted by atomic mass is 32.1. The minimum Gasteiger partial charge on any atom is -0.395 e. The van der Waals surface area contributed by atoms with Crippen LogP contribution in [0.5, 0.6) is 0 Å². The lowest BCUT2D eigenvalue weighted by Crippen LogP contribution is -2.51. The largest absolute Gasteiger partial charge is 0.433 e. The lowest BCUT2D eigenvalue weighted by Gasteiger charge is -2.36. The van der Waals surface area contributed by atoms with E-state index in [2.05, 4.69) is 25.6 Å². The number of hydrogen-bond acceptors (Lipinski definition) is 9. The van der Waals surface area contributed by atoms with E-state index in [4.69, 9.17) is 0 Å². The van der Waals surface area contributed by atoms with E-state index in [9.17, 15) is 33.3 Å². The molecule has 2 heterocycles. The van der Waals surface area contributed by atoms with Crippen molar-refractivity contribution in [1.82, 2.24) is 20.3 Å². The van der Waals surface area contributed by atoms with Crippen LogP contribution in [0.2, 0.25) is 0 Å². The van der Waals surface area contributed by atoms with E-state index in [0.29, 0.717) is 42.8 Å². The molecule has 1 amide bonds. The van der Waals surface area contributed by atoms with Gasteiger partial charge < -0.3 is 26.0 Å². The van der Waals surface area contributed by atoms with Crippen LogP contribution in [0.25, 0.3) is 10.4 Å². The Labute approximate surface area is 233 Å². The molecule has 0 spiro atoms. The molecule has 5 N–H and O–H groups in total. The quantitative estimate of drug-likeness (QED) is 0.253. The molecule has 0 bridgehead atoms. The number of benzene rings is 1. The molecule has 4 rings (SSSR count). The number of thiazole rings is 1. The molecule has 0 saturated heterocycles. The minimum atomic E-state index is -4.58. The number of carbonyl (C=O) groups excluding carboxylic acids is 1. The first-order chi connectivity index (χ1) is 18.9. The number of aryl methyl sites for hydroxylation is 1. The zero-order chi connectivity index (χ0) is 29.1. The van der Waals surface area contributed by atoms with E-state index < -0.39 is 42.0 Å². The standard InChI is InChI=1S/C27H32F3N5O4S/c1-3-25(14-36,15-37)22(38)33-18-4-7-26(39,8-5-18)23-32-13-20(40-23)17-10-16(2)11-19(12-17)34-24-31-9-6-21(35-24)27(28,29)30/h6,9-13,18,36-37,39H,3-5,7-8,14-15H2,1-2H3,(H,33,38)(H,31,34,35)/t18-,26-. The predicted octanol–water partition coefficient (Wildman–Crippen LogP) is 4.30. The van der Waals surface area contributed by atoms with E-state index in [1.165, 1.54) is 11.3 Å². The van der Waals surface area contributed by atoms with Crippen molar-refractivity contribution in [2.45, 2.75) is 63.8 Å². The summed E-state index contributed by atoms with van der Waals surface area (Å²) in [4.78, 5) is 25.4. The van der Waals surface area contributed by atoms with Crippen LogP contribution in [0.4, 0.5) is 24.8 Å². The maximum absolute atomic E-state index is 13.0. The SMILES string of the molecule is CCC(CO)(CO)C(=O)N[C@H]1CC[C@@](O)(c2ncc(-c3cc(C)cc(Nc4nccc(C(F)(F)F)n4)c3)s2)CC1. The molecule has 1 fully saturated rings. The maximum atomic E-state index is 13.0. The molecular formula is C27H32F3N5O4S. The number of nitrogens with one attached hydrogen (secondary N) is 2. The fourth-order valence-corrected chi connectivity index (χ4v) is 5.74. The zero-order valence-electron chi connectivity index (χ0n) is 22.1. The summed E-state index contributed by atoms with van der Waals surface area (Å²) in [6.45, 7) is 2.69. The fourth-order valence-electron chi connectivity index (χ4n) is 4.70. The first-order valence-electron chi connectivity index (χ1n) is 12.9. The van der Waals surface area contributed by atoms with Crippen LogP contribution in [-0.2, 0) is 16.6 Å². The Morgan fingerprint density at radius 3 is 2.48 bits per heavy atom. The van der Waals surface area contributed by atoms with Crippen LogP contribution in [-0.4, -0.2) is 55.4 Å². The lowest BCUT2D eigenvalue weighted by atomic mass is 9.81. The van der Waals surface area contributed by atoms with Crippen molar-refractivity contribution >= 4 is 28.9 Å². The third kappa shape index (κ3) is 6.43. The number of nitrogens with zero attached hydrogens (tertiary/aromatic N) is 3. The van der Waals surface area contributed by atoms with Gasteiger partial charge in [0.25, 0.3) is 0 Å². The smallest absolute Gasteiger partial charge is 0.395 e. The molecule has 0 aliphatic heterocycles. The van der Waals surface area contributed by atoms with E-state index in [1.54, 1.807) is 25.3 Å². The summed E-state index contributed by atoms with van der Waals surface area (Å²) in [7, 11) is 0. The Balaban J connectivity index is 1.45. The van der Waals surface area contributed by atoms with Crippen molar-refractivity contribution in [1.29, 1.82) is 0 Å². The van der Waals surface area contributed by atoms with Crippen LogP contribution in [0.1, 0.15) is 55.3 Å². The summed E-state index contributed by atoms with van der Waals surface area (Å²) in [5.41, 5.74) is -1.31. The summed E-state index contributed by atoms with van der Waals surface area (Å²) in [6.07, 6.45) is 0.166. The molecule has 0 unspecified atom stereocenters. The average molecular weight is 580 g/mol. The number of alkyl halides is 3. The highest BCUT2D eigenvalue weighted by Crippen LogP contribution is 2.41. The van der Waals surface area contributed by atoms with Gasteiger partial charge in [0.05, 0.1) is 23.5 Å². The van der Waals surface area contributed by atoms with Gasteiger partial charge in [-0.2, -0.15) is 13.2 Å². The number of aromatic nitrogens is 3. The van der Waals surface area contributed by atoms with Gasteiger partial charge in [-0.1, -0.05) is 13.0 Å². The number of rotatable bonds is 9. The number of anilines is 2. The molecule has 1 aliphatic carbocycles. The molecular weight excluding hydrogens is 547 g/mol. The van der Waals surface area contributed by atoms with E-state index in [0.717, 1.165) is 28.3 Å². The number of amides is 1. The van der Waals surface area contributed by atoms with Crippen LogP contribution < -0.4 is 10.6 Å². The molecule has 1 aliphatic rings. The second-order valence-corrected chi connectivity index (χ2v) is 11.3. The fraction of sp³-hybridized carbons (Fsp3) is 0.481. The Hall–Kier alpha value is -3.13. The summed E-state index contributed by atoms with van der Waals surface area (Å²) < 4.78 is 39.1. The van der Waals surface area contributed by atoms with E-state index in [1.807, 2.05) is 13.0 Å². The summed E-state index contributed by atoms with van der Waals surface area (Å²) in [6, 6.07) is 6.04. The molecule has 40 heavy (non-hydrogen) atoms. The van der Waals surface area contributed by atoms with Gasteiger partial charge in [0, 0.05) is 24.1 Å². The molecule has 0 radical (unpaired) electrons. The van der Waals surface area contributed by atoms with E-state index in [-0.39, 0.29) is 12.0 Å². The summed E-state index contributed by atoms with van der Waals surface area (Å²) in [5, 5.41) is 36.9. The molecule has 2 aromatic heterocycles. The second kappa shape index (κ2) is 11.8. The van der Waals surface area contributed by atoms with Crippen LogP contribution in [0.3, 0.4) is 0 Å². The zero-order valence-corrected chi connectivity index (χ0v) is 22.9. The molecule has 1 saturated carbocycles. The molecule has 13 heteroatoms. The molecule has 0 atom stereocenters. The molecule has 3 aromatic rings. The van der Waals surface area contributed by atoms with Crippen molar-refractivity contribution < 1.29 is 33.3 Å². The first-order valence-corrected chi connectivity index (χ1v) is 13.7. The highest BCUT2D eigenvalue weighted by molar-refractivity contribution is 7.15. The van der Waals surface area contributed by atoms with Crippen LogP contribution in [0.15, 0.2) is 36.7 Å². The summed E-state index contributed by atoms with van der Waals surface area (Å²) >= 11 is 1.33. The van der Waals surface area contributed by atoms with Crippen LogP contribution >= 0.6 is 11.3 Å². The Kier molecular flexibility index (Phi) is 8.78. The first kappa shape index (κ1) is 29.8. The van der Waals surface area contributed by atoms with Crippen molar-refractivity contribution in [3.05, 3.63) is 52.9 Å². The third-order valence-electron chi connectivity index (χ3n) is 7.38. The molecule has 9 nitrogen and oxygen atoms in total. The average Bonchev–Trinajstić information content (AvgIpc) is 3.42. The van der Waals surface area contributed by atoms with E-state index >= 15 is 0 Å². The number of halogens is 3. The highest BCUT2D eigenvalue weighted by Gasteiger charge is 2.41. The Morgan fingerprint density at radius 1 is 1.15 bits per heavy atom. The van der Waals surface area contributed by atoms with Gasteiger partial charge in [-0.3, -0.25) is 4.79 Å². The van der Waals surface area contributed by atoms with Crippen LogP contribution in [0, 0.1) is 12.3 Å². The maximum Gasteiger partial charge on any atom is 0.433 e. The third-order valence-corrected chi connectivity index (χ3v) is 8.62. The van der Waals surface area contributed by atoms with Gasteiger partial charge in [0.15, 0.2) is 0 Å².